The zero-order chi connectivity index (χ0) is 14.2. The van der Waals surface area contributed by atoms with Crippen LogP contribution in [0.3, 0.4) is 0 Å². The van der Waals surface area contributed by atoms with E-state index in [1.807, 2.05) is 13.0 Å². The third kappa shape index (κ3) is 3.90. The van der Waals surface area contributed by atoms with Crippen molar-refractivity contribution in [2.24, 2.45) is 5.92 Å². The number of halogens is 2. The van der Waals surface area contributed by atoms with Gasteiger partial charge in [0, 0.05) is 29.6 Å². The highest BCUT2D eigenvalue weighted by Gasteiger charge is 2.33. The van der Waals surface area contributed by atoms with Crippen LogP contribution < -0.4 is 4.90 Å². The molecule has 1 fully saturated rings. The van der Waals surface area contributed by atoms with Crippen molar-refractivity contribution in [3.63, 3.8) is 0 Å². The SMILES string of the molecule is Cc1cc(Br)nc(N2CC(CS(=O)(=O)Cl)CC2=O)c1. The first-order valence-corrected chi connectivity index (χ1v) is 8.88. The van der Waals surface area contributed by atoms with Crippen molar-refractivity contribution in [3.8, 4) is 0 Å². The van der Waals surface area contributed by atoms with Crippen molar-refractivity contribution < 1.29 is 13.2 Å². The summed E-state index contributed by atoms with van der Waals surface area (Å²) in [5, 5.41) is 0. The number of carbonyl (C=O) groups excluding carboxylic acids is 1. The molecule has 8 heteroatoms. The largest absolute Gasteiger partial charge is 0.296 e. The molecule has 1 aromatic rings. The zero-order valence-corrected chi connectivity index (χ0v) is 13.3. The number of pyridine rings is 1. The molecule has 2 rings (SSSR count). The number of carbonyl (C=O) groups is 1. The van der Waals surface area contributed by atoms with Gasteiger partial charge in [-0.2, -0.15) is 0 Å². The lowest BCUT2D eigenvalue weighted by atomic mass is 10.1. The standard InChI is InChI=1S/C11H12BrClN2O3S/c1-7-2-9(12)14-10(3-7)15-5-8(4-11(15)16)6-19(13,17)18/h2-3,8H,4-6H2,1H3. The van der Waals surface area contributed by atoms with Gasteiger partial charge in [-0.3, -0.25) is 9.69 Å². The number of amides is 1. The predicted octanol–water partition coefficient (Wildman–Crippen LogP) is 2.07. The summed E-state index contributed by atoms with van der Waals surface area (Å²) >= 11 is 3.28. The molecular weight excluding hydrogens is 356 g/mol. The minimum Gasteiger partial charge on any atom is -0.296 e. The Morgan fingerprint density at radius 3 is 2.79 bits per heavy atom. The van der Waals surface area contributed by atoms with Crippen LogP contribution in [0.1, 0.15) is 12.0 Å². The maximum atomic E-state index is 11.9. The van der Waals surface area contributed by atoms with Crippen molar-refractivity contribution in [2.45, 2.75) is 13.3 Å². The first-order valence-electron chi connectivity index (χ1n) is 5.61. The Hall–Kier alpha value is -0.660. The molecule has 1 aliphatic heterocycles. The average Bonchev–Trinajstić information content (AvgIpc) is 2.54. The van der Waals surface area contributed by atoms with Crippen LogP contribution in [-0.2, 0) is 13.8 Å². The van der Waals surface area contributed by atoms with Gasteiger partial charge in [0.2, 0.25) is 15.0 Å². The summed E-state index contributed by atoms with van der Waals surface area (Å²) in [7, 11) is 1.64. The van der Waals surface area contributed by atoms with E-state index in [1.54, 1.807) is 6.07 Å². The summed E-state index contributed by atoms with van der Waals surface area (Å²) in [6.45, 7) is 2.23. The van der Waals surface area contributed by atoms with Gasteiger partial charge in [-0.05, 0) is 40.5 Å². The maximum absolute atomic E-state index is 11.9. The monoisotopic (exact) mass is 366 g/mol. The molecule has 0 spiro atoms. The Balaban J connectivity index is 2.20. The summed E-state index contributed by atoms with van der Waals surface area (Å²) in [5.74, 6) is -0.0678. The molecule has 0 radical (unpaired) electrons. The minimum atomic E-state index is -3.59. The fourth-order valence-electron chi connectivity index (χ4n) is 2.14. The lowest BCUT2D eigenvalue weighted by molar-refractivity contribution is -0.117. The minimum absolute atomic E-state index is 0.129. The fraction of sp³-hybridized carbons (Fsp3) is 0.455. The van der Waals surface area contributed by atoms with Gasteiger partial charge in [0.15, 0.2) is 0 Å². The molecule has 5 nitrogen and oxygen atoms in total. The number of hydrogen-bond donors (Lipinski definition) is 0. The molecule has 0 bridgehead atoms. The van der Waals surface area contributed by atoms with Gasteiger partial charge in [0.1, 0.15) is 10.4 Å². The Kier molecular flexibility index (Phi) is 4.17. The second kappa shape index (κ2) is 5.38. The van der Waals surface area contributed by atoms with Crippen molar-refractivity contribution in [1.82, 2.24) is 4.98 Å². The quantitative estimate of drug-likeness (QED) is 0.606. The van der Waals surface area contributed by atoms with E-state index in [0.29, 0.717) is 17.0 Å². The molecular formula is C11H12BrClN2O3S. The summed E-state index contributed by atoms with van der Waals surface area (Å²) in [6.07, 6.45) is 0.180. The van der Waals surface area contributed by atoms with Crippen LogP contribution >= 0.6 is 26.6 Å². The second-order valence-electron chi connectivity index (χ2n) is 4.61. The number of aromatic nitrogens is 1. The highest BCUT2D eigenvalue weighted by atomic mass is 79.9. The van der Waals surface area contributed by atoms with Crippen LogP contribution in [0.5, 0.6) is 0 Å². The molecule has 0 aliphatic carbocycles. The molecule has 104 valence electrons. The van der Waals surface area contributed by atoms with Crippen LogP contribution in [0.15, 0.2) is 16.7 Å². The highest BCUT2D eigenvalue weighted by molar-refractivity contribution is 9.10. The van der Waals surface area contributed by atoms with Crippen LogP contribution in [0.25, 0.3) is 0 Å². The molecule has 0 aromatic carbocycles. The second-order valence-corrected chi connectivity index (χ2v) is 8.24. The van der Waals surface area contributed by atoms with Crippen molar-refractivity contribution in [3.05, 3.63) is 22.3 Å². The zero-order valence-electron chi connectivity index (χ0n) is 10.1. The van der Waals surface area contributed by atoms with Gasteiger partial charge < -0.3 is 0 Å². The summed E-state index contributed by atoms with van der Waals surface area (Å²) in [6, 6.07) is 3.63. The number of hydrogen-bond acceptors (Lipinski definition) is 4. The molecule has 1 aromatic heterocycles. The number of rotatable bonds is 3. The maximum Gasteiger partial charge on any atom is 0.232 e. The molecule has 1 unspecified atom stereocenters. The Labute approximate surface area is 124 Å². The van der Waals surface area contributed by atoms with Gasteiger partial charge in [-0.25, -0.2) is 13.4 Å². The fourth-order valence-corrected chi connectivity index (χ4v) is 4.01. The Bertz CT molecular complexity index is 600. The van der Waals surface area contributed by atoms with Crippen molar-refractivity contribution in [2.75, 3.05) is 17.2 Å². The van der Waals surface area contributed by atoms with Gasteiger partial charge in [0.05, 0.1) is 5.75 Å². The molecule has 1 atom stereocenters. The third-order valence-corrected chi connectivity index (χ3v) is 4.50. The van der Waals surface area contributed by atoms with E-state index in [-0.39, 0.29) is 24.0 Å². The average molecular weight is 368 g/mol. The van der Waals surface area contributed by atoms with Crippen LogP contribution in [0.4, 0.5) is 5.82 Å². The van der Waals surface area contributed by atoms with E-state index in [9.17, 15) is 13.2 Å². The van der Waals surface area contributed by atoms with Gasteiger partial charge in [-0.1, -0.05) is 0 Å². The topological polar surface area (TPSA) is 67.3 Å². The molecule has 0 saturated carbocycles. The third-order valence-electron chi connectivity index (χ3n) is 2.84. The summed E-state index contributed by atoms with van der Waals surface area (Å²) < 4.78 is 22.8. The number of anilines is 1. The lowest BCUT2D eigenvalue weighted by Crippen LogP contribution is -2.26. The van der Waals surface area contributed by atoms with Crippen LogP contribution in [0, 0.1) is 12.8 Å². The van der Waals surface area contributed by atoms with E-state index in [1.165, 1.54) is 4.90 Å². The predicted molar refractivity (Wildman–Crippen MR) is 76.8 cm³/mol. The van der Waals surface area contributed by atoms with Crippen LogP contribution in [-0.4, -0.2) is 31.6 Å². The molecule has 1 aliphatic rings. The first kappa shape index (κ1) is 14.7. The number of aryl methyl sites for hydroxylation is 1. The normalized spacial score (nSPS) is 20.1. The van der Waals surface area contributed by atoms with Crippen molar-refractivity contribution in [1.29, 1.82) is 0 Å². The van der Waals surface area contributed by atoms with E-state index < -0.39 is 9.05 Å². The van der Waals surface area contributed by atoms with Gasteiger partial charge in [0.25, 0.3) is 0 Å². The highest BCUT2D eigenvalue weighted by Crippen LogP contribution is 2.27. The summed E-state index contributed by atoms with van der Waals surface area (Å²) in [4.78, 5) is 17.7. The van der Waals surface area contributed by atoms with E-state index in [2.05, 4.69) is 20.9 Å². The summed E-state index contributed by atoms with van der Waals surface area (Å²) in [5.41, 5.74) is 0.970. The number of nitrogens with zero attached hydrogens (tertiary/aromatic N) is 2. The molecule has 0 N–H and O–H groups in total. The van der Waals surface area contributed by atoms with E-state index in [0.717, 1.165) is 5.56 Å². The molecule has 19 heavy (non-hydrogen) atoms. The van der Waals surface area contributed by atoms with E-state index >= 15 is 0 Å². The lowest BCUT2D eigenvalue weighted by Gasteiger charge is -2.16. The van der Waals surface area contributed by atoms with Gasteiger partial charge in [-0.15, -0.1) is 0 Å². The Morgan fingerprint density at radius 2 is 2.21 bits per heavy atom. The van der Waals surface area contributed by atoms with Crippen LogP contribution in [0.2, 0.25) is 0 Å². The smallest absolute Gasteiger partial charge is 0.232 e. The van der Waals surface area contributed by atoms with Gasteiger partial charge >= 0.3 is 0 Å². The first-order chi connectivity index (χ1) is 8.74. The molecule has 1 amide bonds. The molecule has 1 saturated heterocycles. The van der Waals surface area contributed by atoms with Crippen molar-refractivity contribution >= 4 is 47.4 Å². The van der Waals surface area contributed by atoms with E-state index in [4.69, 9.17) is 10.7 Å². The molecule has 2 heterocycles. The Morgan fingerprint density at radius 1 is 1.53 bits per heavy atom.